The van der Waals surface area contributed by atoms with Gasteiger partial charge in [-0.25, -0.2) is 22.3 Å². The Morgan fingerprint density at radius 1 is 1.21 bits per heavy atom. The van der Waals surface area contributed by atoms with Gasteiger partial charge in [-0.1, -0.05) is 19.9 Å². The highest BCUT2D eigenvalue weighted by Crippen LogP contribution is 2.32. The highest BCUT2D eigenvalue weighted by molar-refractivity contribution is 7.89. The van der Waals surface area contributed by atoms with Crippen LogP contribution in [0.25, 0.3) is 0 Å². The minimum Gasteiger partial charge on any atom is -0.490 e. The summed E-state index contributed by atoms with van der Waals surface area (Å²) in [4.78, 5) is 24.4. The first-order valence-electron chi connectivity index (χ1n) is 11.0. The van der Waals surface area contributed by atoms with Crippen molar-refractivity contribution < 1.29 is 26.7 Å². The number of benzene rings is 1. The summed E-state index contributed by atoms with van der Waals surface area (Å²) in [6.45, 7) is 3.79. The summed E-state index contributed by atoms with van der Waals surface area (Å²) in [6, 6.07) is 3.76. The Balaban J connectivity index is 1.54. The largest absolute Gasteiger partial charge is 0.490 e. The Labute approximate surface area is 196 Å². The molecule has 188 valence electrons. The molecule has 1 aromatic heterocycles. The summed E-state index contributed by atoms with van der Waals surface area (Å²) in [5.41, 5.74) is -1.36. The van der Waals surface area contributed by atoms with Crippen LogP contribution < -0.4 is 20.7 Å². The van der Waals surface area contributed by atoms with E-state index in [4.69, 9.17) is 9.47 Å². The Morgan fingerprint density at radius 3 is 2.62 bits per heavy atom. The molecule has 34 heavy (non-hydrogen) atoms. The monoisotopic (exact) mass is 501 g/mol. The van der Waals surface area contributed by atoms with Gasteiger partial charge in [0.05, 0.1) is 18.6 Å². The average Bonchev–Trinajstić information content (AvgIpc) is 3.59. The normalized spacial score (nSPS) is 15.0. The van der Waals surface area contributed by atoms with Crippen molar-refractivity contribution in [3.63, 3.8) is 0 Å². The molecule has 0 unspecified atom stereocenters. The minimum absolute atomic E-state index is 0.0177. The SMILES string of the molecule is CC(C)[C@@H](NS(=O)(=O)CCCOCn1cc(F)c(=O)[nH]c1=O)c1ccc(F)c(OCC2CC2)c1. The summed E-state index contributed by atoms with van der Waals surface area (Å²) < 4.78 is 67.0. The summed E-state index contributed by atoms with van der Waals surface area (Å²) >= 11 is 0. The van der Waals surface area contributed by atoms with Crippen LogP contribution in [0.3, 0.4) is 0 Å². The van der Waals surface area contributed by atoms with E-state index in [2.05, 4.69) is 4.72 Å². The van der Waals surface area contributed by atoms with Crippen LogP contribution in [0, 0.1) is 23.5 Å². The number of halogens is 2. The molecule has 0 bridgehead atoms. The molecule has 1 aliphatic rings. The molecular formula is C22H29F2N3O6S. The van der Waals surface area contributed by atoms with Gasteiger partial charge in [0.2, 0.25) is 15.8 Å². The quantitative estimate of drug-likeness (QED) is 0.407. The number of H-pyrrole nitrogens is 1. The lowest BCUT2D eigenvalue weighted by atomic mass is 9.97. The zero-order valence-corrected chi connectivity index (χ0v) is 19.9. The van der Waals surface area contributed by atoms with Crippen LogP contribution in [0.4, 0.5) is 8.78 Å². The number of ether oxygens (including phenoxy) is 2. The predicted octanol–water partition coefficient (Wildman–Crippen LogP) is 2.28. The summed E-state index contributed by atoms with van der Waals surface area (Å²) in [6.07, 6.45) is 2.97. The van der Waals surface area contributed by atoms with Crippen LogP contribution in [-0.2, 0) is 21.5 Å². The van der Waals surface area contributed by atoms with Crippen LogP contribution in [0.5, 0.6) is 5.75 Å². The Hall–Kier alpha value is -2.57. The molecule has 0 amide bonds. The molecule has 0 aliphatic heterocycles. The van der Waals surface area contributed by atoms with Gasteiger partial charge < -0.3 is 9.47 Å². The molecule has 1 heterocycles. The molecule has 1 aromatic carbocycles. The zero-order chi connectivity index (χ0) is 24.9. The van der Waals surface area contributed by atoms with E-state index >= 15 is 0 Å². The molecule has 12 heteroatoms. The smallest absolute Gasteiger partial charge is 0.330 e. The van der Waals surface area contributed by atoms with Crippen molar-refractivity contribution in [3.8, 4) is 5.75 Å². The van der Waals surface area contributed by atoms with Crippen molar-refractivity contribution in [2.24, 2.45) is 11.8 Å². The van der Waals surface area contributed by atoms with Crippen LogP contribution >= 0.6 is 0 Å². The maximum Gasteiger partial charge on any atom is 0.330 e. The Morgan fingerprint density at radius 2 is 1.94 bits per heavy atom. The first-order valence-corrected chi connectivity index (χ1v) is 12.7. The summed E-state index contributed by atoms with van der Waals surface area (Å²) in [7, 11) is -3.72. The van der Waals surface area contributed by atoms with Crippen molar-refractivity contribution in [3.05, 3.63) is 62.4 Å². The second-order valence-electron chi connectivity index (χ2n) is 8.70. The average molecular weight is 502 g/mol. The maximum absolute atomic E-state index is 14.1. The van der Waals surface area contributed by atoms with E-state index in [1.807, 2.05) is 13.8 Å². The van der Waals surface area contributed by atoms with Gasteiger partial charge in [-0.2, -0.15) is 4.39 Å². The number of nitrogens with zero attached hydrogens (tertiary/aromatic N) is 1. The van der Waals surface area contributed by atoms with Gasteiger partial charge >= 0.3 is 5.69 Å². The van der Waals surface area contributed by atoms with E-state index in [1.54, 1.807) is 4.98 Å². The molecule has 2 N–H and O–H groups in total. The van der Waals surface area contributed by atoms with E-state index in [9.17, 15) is 26.8 Å². The molecule has 1 saturated carbocycles. The van der Waals surface area contributed by atoms with Crippen LogP contribution in [0.2, 0.25) is 0 Å². The first kappa shape index (κ1) is 26.0. The molecule has 3 rings (SSSR count). The van der Waals surface area contributed by atoms with Gasteiger partial charge in [0.1, 0.15) is 6.73 Å². The number of rotatable bonds is 13. The highest BCUT2D eigenvalue weighted by Gasteiger charge is 2.25. The fraction of sp³-hybridized carbons (Fsp3) is 0.545. The predicted molar refractivity (Wildman–Crippen MR) is 121 cm³/mol. The molecular weight excluding hydrogens is 472 g/mol. The van der Waals surface area contributed by atoms with E-state index in [0.29, 0.717) is 18.1 Å². The molecule has 1 atom stereocenters. The van der Waals surface area contributed by atoms with Gasteiger partial charge in [-0.3, -0.25) is 14.3 Å². The topological polar surface area (TPSA) is 119 Å². The molecule has 0 spiro atoms. The zero-order valence-electron chi connectivity index (χ0n) is 19.1. The lowest BCUT2D eigenvalue weighted by Crippen LogP contribution is -2.34. The van der Waals surface area contributed by atoms with Crippen molar-refractivity contribution in [1.29, 1.82) is 0 Å². The number of sulfonamides is 1. The van der Waals surface area contributed by atoms with E-state index in [1.165, 1.54) is 18.2 Å². The van der Waals surface area contributed by atoms with E-state index in [-0.39, 0.29) is 37.2 Å². The Kier molecular flexibility index (Phi) is 8.61. The third-order valence-corrected chi connectivity index (χ3v) is 6.80. The van der Waals surface area contributed by atoms with Gasteiger partial charge in [0, 0.05) is 12.6 Å². The number of aromatic amines is 1. The molecule has 1 aliphatic carbocycles. The molecule has 0 saturated heterocycles. The number of nitrogens with one attached hydrogen (secondary N) is 2. The van der Waals surface area contributed by atoms with E-state index < -0.39 is 38.9 Å². The summed E-state index contributed by atoms with van der Waals surface area (Å²) in [5, 5.41) is 0. The maximum atomic E-state index is 14.1. The fourth-order valence-corrected chi connectivity index (χ4v) is 4.66. The third kappa shape index (κ3) is 7.47. The Bertz CT molecular complexity index is 1210. The van der Waals surface area contributed by atoms with Crippen molar-refractivity contribution >= 4 is 10.0 Å². The van der Waals surface area contributed by atoms with Gasteiger partial charge in [0.15, 0.2) is 11.6 Å². The first-order chi connectivity index (χ1) is 16.1. The van der Waals surface area contributed by atoms with Gasteiger partial charge in [0.25, 0.3) is 5.56 Å². The van der Waals surface area contributed by atoms with Crippen LogP contribution in [0.1, 0.15) is 44.7 Å². The molecule has 0 radical (unpaired) electrons. The number of aromatic nitrogens is 2. The second kappa shape index (κ2) is 11.2. The van der Waals surface area contributed by atoms with E-state index in [0.717, 1.165) is 23.6 Å². The van der Waals surface area contributed by atoms with Crippen molar-refractivity contribution in [1.82, 2.24) is 14.3 Å². The van der Waals surface area contributed by atoms with Gasteiger partial charge in [-0.15, -0.1) is 0 Å². The second-order valence-corrected chi connectivity index (χ2v) is 10.6. The molecule has 9 nitrogen and oxygen atoms in total. The van der Waals surface area contributed by atoms with Crippen LogP contribution in [0.15, 0.2) is 34.0 Å². The van der Waals surface area contributed by atoms with Crippen LogP contribution in [-0.4, -0.2) is 36.9 Å². The minimum atomic E-state index is -3.72. The third-order valence-electron chi connectivity index (χ3n) is 5.36. The van der Waals surface area contributed by atoms with Crippen molar-refractivity contribution in [2.45, 2.75) is 45.9 Å². The lowest BCUT2D eigenvalue weighted by molar-refractivity contribution is 0.0736. The number of hydrogen-bond acceptors (Lipinski definition) is 6. The molecule has 1 fully saturated rings. The number of hydrogen-bond donors (Lipinski definition) is 2. The van der Waals surface area contributed by atoms with Gasteiger partial charge in [-0.05, 0) is 48.8 Å². The lowest BCUT2D eigenvalue weighted by Gasteiger charge is -2.23. The standard InChI is InChI=1S/C22H29F2N3O6S/c1-14(2)20(16-6-7-17(23)19(10-16)33-12-15-4-5-15)26-34(30,31)9-3-8-32-13-27-11-18(24)21(28)25-22(27)29/h6-7,10-11,14-15,20,26H,3-5,8-9,12-13H2,1-2H3,(H,25,28,29)/t20-/m1/s1. The van der Waals surface area contributed by atoms with Crippen molar-refractivity contribution in [2.75, 3.05) is 19.0 Å². The summed E-state index contributed by atoms with van der Waals surface area (Å²) in [5.74, 6) is -1.43. The molecule has 2 aromatic rings. The fourth-order valence-electron chi connectivity index (χ4n) is 3.25. The highest BCUT2D eigenvalue weighted by atomic mass is 32.2.